The van der Waals surface area contributed by atoms with Crippen molar-refractivity contribution >= 4 is 0 Å². The van der Waals surface area contributed by atoms with Crippen molar-refractivity contribution < 1.29 is 13.2 Å². The van der Waals surface area contributed by atoms with Crippen LogP contribution in [0.1, 0.15) is 6.42 Å². The van der Waals surface area contributed by atoms with E-state index in [1.54, 1.807) is 0 Å². The molecule has 1 N–H and O–H groups in total. The number of hydrogen-bond donors (Lipinski definition) is 1. The predicted octanol–water partition coefficient (Wildman–Crippen LogP) is 0.842. The first-order valence-electron chi connectivity index (χ1n) is 3.99. The van der Waals surface area contributed by atoms with Gasteiger partial charge in [0.25, 0.3) is 0 Å². The number of rotatable bonds is 0. The fraction of sp³-hybridized carbons (Fsp3) is 1.00. The highest BCUT2D eigenvalue weighted by Gasteiger charge is 2.39. The molecule has 72 valence electrons. The van der Waals surface area contributed by atoms with Crippen LogP contribution in [-0.4, -0.2) is 43.8 Å². The van der Waals surface area contributed by atoms with Gasteiger partial charge in [0, 0.05) is 13.1 Å². The molecule has 1 unspecified atom stereocenters. The summed E-state index contributed by atoms with van der Waals surface area (Å²) in [4.78, 5) is 1.90. The van der Waals surface area contributed by atoms with Gasteiger partial charge in [-0.15, -0.1) is 0 Å². The van der Waals surface area contributed by atoms with E-state index in [9.17, 15) is 13.2 Å². The fourth-order valence-corrected chi connectivity index (χ4v) is 1.27. The molecule has 2 nitrogen and oxygen atoms in total. The summed E-state index contributed by atoms with van der Waals surface area (Å²) in [6.07, 6.45) is -3.94. The van der Waals surface area contributed by atoms with Crippen molar-refractivity contribution in [1.29, 1.82) is 0 Å². The van der Waals surface area contributed by atoms with Crippen LogP contribution in [0.3, 0.4) is 0 Å². The average molecular weight is 182 g/mol. The first kappa shape index (κ1) is 9.80. The molecule has 0 aromatic heterocycles. The normalized spacial score (nSPS) is 28.5. The van der Waals surface area contributed by atoms with Crippen molar-refractivity contribution in [2.45, 2.75) is 18.6 Å². The zero-order valence-electron chi connectivity index (χ0n) is 6.99. The summed E-state index contributed by atoms with van der Waals surface area (Å²) in [7, 11) is 1.83. The van der Waals surface area contributed by atoms with Gasteiger partial charge in [-0.05, 0) is 20.0 Å². The van der Waals surface area contributed by atoms with Gasteiger partial charge in [0.2, 0.25) is 0 Å². The summed E-state index contributed by atoms with van der Waals surface area (Å²) >= 11 is 0. The summed E-state index contributed by atoms with van der Waals surface area (Å²) in [6, 6.07) is -1.32. The highest BCUT2D eigenvalue weighted by molar-refractivity contribution is 4.79. The van der Waals surface area contributed by atoms with Crippen LogP contribution < -0.4 is 5.32 Å². The number of nitrogens with one attached hydrogen (secondary N) is 1. The Kier molecular flexibility index (Phi) is 2.95. The average Bonchev–Trinajstić information content (AvgIpc) is 2.11. The second-order valence-corrected chi connectivity index (χ2v) is 3.14. The van der Waals surface area contributed by atoms with Gasteiger partial charge in [-0.1, -0.05) is 0 Å². The lowest BCUT2D eigenvalue weighted by atomic mass is 10.2. The Bertz CT molecular complexity index is 146. The molecule has 1 heterocycles. The van der Waals surface area contributed by atoms with Gasteiger partial charge in [-0.25, -0.2) is 0 Å². The molecule has 0 radical (unpaired) electrons. The van der Waals surface area contributed by atoms with Crippen molar-refractivity contribution in [3.63, 3.8) is 0 Å². The maximum atomic E-state index is 12.2. The van der Waals surface area contributed by atoms with Gasteiger partial charge in [0.05, 0.1) is 0 Å². The Morgan fingerprint density at radius 2 is 2.00 bits per heavy atom. The van der Waals surface area contributed by atoms with Crippen LogP contribution in [-0.2, 0) is 0 Å². The quantitative estimate of drug-likeness (QED) is 0.597. The Labute approximate surface area is 69.7 Å². The maximum Gasteiger partial charge on any atom is 0.403 e. The standard InChI is InChI=1S/C7H13F3N2/c1-12-4-2-6(7(8,9)10)11-3-5-12/h6,11H,2-5H2,1H3. The number of halogens is 3. The molecular formula is C7H13F3N2. The van der Waals surface area contributed by atoms with Gasteiger partial charge >= 0.3 is 6.18 Å². The number of nitrogens with zero attached hydrogens (tertiary/aromatic N) is 1. The summed E-state index contributed by atoms with van der Waals surface area (Å²) < 4.78 is 36.5. The molecule has 0 saturated carbocycles. The zero-order valence-corrected chi connectivity index (χ0v) is 6.99. The van der Waals surface area contributed by atoms with E-state index in [4.69, 9.17) is 0 Å². The lowest BCUT2D eigenvalue weighted by Gasteiger charge is -2.18. The van der Waals surface area contributed by atoms with E-state index in [-0.39, 0.29) is 6.42 Å². The second-order valence-electron chi connectivity index (χ2n) is 3.14. The van der Waals surface area contributed by atoms with E-state index in [0.717, 1.165) is 0 Å². The third kappa shape index (κ3) is 2.64. The maximum absolute atomic E-state index is 12.2. The topological polar surface area (TPSA) is 15.3 Å². The van der Waals surface area contributed by atoms with Crippen molar-refractivity contribution in [1.82, 2.24) is 10.2 Å². The van der Waals surface area contributed by atoms with E-state index in [1.807, 2.05) is 11.9 Å². The van der Waals surface area contributed by atoms with Crippen LogP contribution in [0.4, 0.5) is 13.2 Å². The molecule has 1 rings (SSSR count). The van der Waals surface area contributed by atoms with Gasteiger partial charge in [-0.3, -0.25) is 0 Å². The Balaban J connectivity index is 2.46. The van der Waals surface area contributed by atoms with Crippen LogP contribution in [0.25, 0.3) is 0 Å². The Morgan fingerprint density at radius 1 is 1.33 bits per heavy atom. The summed E-state index contributed by atoms with van der Waals surface area (Å²) in [5, 5.41) is 2.49. The molecule has 0 aromatic carbocycles. The summed E-state index contributed by atoms with van der Waals surface area (Å²) in [6.45, 7) is 1.62. The molecule has 0 amide bonds. The third-order valence-corrected chi connectivity index (χ3v) is 2.08. The van der Waals surface area contributed by atoms with E-state index >= 15 is 0 Å². The van der Waals surface area contributed by atoms with E-state index < -0.39 is 12.2 Å². The summed E-state index contributed by atoms with van der Waals surface area (Å²) in [5.74, 6) is 0. The minimum absolute atomic E-state index is 0.153. The molecule has 1 saturated heterocycles. The molecule has 0 spiro atoms. The van der Waals surface area contributed by atoms with Gasteiger partial charge in [-0.2, -0.15) is 13.2 Å². The molecule has 1 aliphatic heterocycles. The largest absolute Gasteiger partial charge is 0.403 e. The van der Waals surface area contributed by atoms with Crippen molar-refractivity contribution in [3.8, 4) is 0 Å². The van der Waals surface area contributed by atoms with Crippen LogP contribution >= 0.6 is 0 Å². The molecule has 1 fully saturated rings. The highest BCUT2D eigenvalue weighted by Crippen LogP contribution is 2.23. The van der Waals surface area contributed by atoms with E-state index in [0.29, 0.717) is 19.6 Å². The number of likely N-dealkylation sites (N-methyl/N-ethyl adjacent to an activating group) is 1. The smallest absolute Gasteiger partial charge is 0.305 e. The van der Waals surface area contributed by atoms with Gasteiger partial charge in [0.15, 0.2) is 0 Å². The van der Waals surface area contributed by atoms with Crippen LogP contribution in [0.2, 0.25) is 0 Å². The van der Waals surface area contributed by atoms with Gasteiger partial charge < -0.3 is 10.2 Å². The van der Waals surface area contributed by atoms with E-state index in [2.05, 4.69) is 5.32 Å². The molecule has 0 aromatic rings. The minimum atomic E-state index is -4.09. The molecule has 0 aliphatic carbocycles. The van der Waals surface area contributed by atoms with Crippen LogP contribution in [0.5, 0.6) is 0 Å². The first-order chi connectivity index (χ1) is 5.50. The lowest BCUT2D eigenvalue weighted by molar-refractivity contribution is -0.156. The zero-order chi connectivity index (χ0) is 9.19. The Hall–Kier alpha value is -0.290. The Morgan fingerprint density at radius 3 is 2.58 bits per heavy atom. The highest BCUT2D eigenvalue weighted by atomic mass is 19.4. The lowest BCUT2D eigenvalue weighted by Crippen LogP contribution is -2.42. The SMILES string of the molecule is CN1CCNC(C(F)(F)F)CC1. The monoisotopic (exact) mass is 182 g/mol. The minimum Gasteiger partial charge on any atom is -0.305 e. The predicted molar refractivity (Wildman–Crippen MR) is 40.0 cm³/mol. The van der Waals surface area contributed by atoms with E-state index in [1.165, 1.54) is 0 Å². The number of alkyl halides is 3. The van der Waals surface area contributed by atoms with Crippen molar-refractivity contribution in [3.05, 3.63) is 0 Å². The third-order valence-electron chi connectivity index (χ3n) is 2.08. The molecule has 1 aliphatic rings. The second kappa shape index (κ2) is 3.62. The van der Waals surface area contributed by atoms with Crippen LogP contribution in [0.15, 0.2) is 0 Å². The molecule has 0 bridgehead atoms. The van der Waals surface area contributed by atoms with Gasteiger partial charge in [0.1, 0.15) is 6.04 Å². The molecule has 1 atom stereocenters. The van der Waals surface area contributed by atoms with Crippen LogP contribution in [0, 0.1) is 0 Å². The van der Waals surface area contributed by atoms with Crippen molar-refractivity contribution in [2.75, 3.05) is 26.7 Å². The number of hydrogen-bond acceptors (Lipinski definition) is 2. The molecule has 5 heteroatoms. The summed E-state index contributed by atoms with van der Waals surface area (Å²) in [5.41, 5.74) is 0. The van der Waals surface area contributed by atoms with Crippen molar-refractivity contribution in [2.24, 2.45) is 0 Å². The molecule has 12 heavy (non-hydrogen) atoms. The first-order valence-corrected chi connectivity index (χ1v) is 3.99. The fourth-order valence-electron chi connectivity index (χ4n) is 1.27. The molecular weight excluding hydrogens is 169 g/mol.